The fourth-order valence-electron chi connectivity index (χ4n) is 1.66. The van der Waals surface area contributed by atoms with E-state index in [2.05, 4.69) is 10.4 Å². The van der Waals surface area contributed by atoms with Crippen molar-refractivity contribution in [3.8, 4) is 0 Å². The molecule has 106 valence electrons. The van der Waals surface area contributed by atoms with Crippen molar-refractivity contribution in [3.05, 3.63) is 17.5 Å². The lowest BCUT2D eigenvalue weighted by atomic mass is 10.1. The Kier molecular flexibility index (Phi) is 5.05. The van der Waals surface area contributed by atoms with Crippen LogP contribution in [-0.2, 0) is 16.6 Å². The average molecular weight is 269 g/mol. The number of nitrogens with one attached hydrogen (secondary N) is 1. The highest BCUT2D eigenvalue weighted by atomic mass is 16.5. The summed E-state index contributed by atoms with van der Waals surface area (Å²) in [6.45, 7) is 3.79. The number of carboxylic acid groups (broad SMARTS) is 1. The molecule has 0 fully saturated rings. The number of ether oxygens (including phenoxy) is 1. The summed E-state index contributed by atoms with van der Waals surface area (Å²) in [7, 11) is 3.02. The number of nitrogens with zero attached hydrogens (tertiary/aromatic N) is 2. The summed E-state index contributed by atoms with van der Waals surface area (Å²) >= 11 is 0. The third kappa shape index (κ3) is 3.78. The van der Waals surface area contributed by atoms with Gasteiger partial charge in [-0.1, -0.05) is 13.8 Å². The standard InChI is InChI=1S/C12H19N3O4/c1-7(2)10-8(6-15(3)14-10)11(16)13-5-9(19-4)12(17)18/h6-7,9H,5H2,1-4H3,(H,13,16)(H,17,18). The molecule has 0 aliphatic rings. The first kappa shape index (κ1) is 15.2. The van der Waals surface area contributed by atoms with Gasteiger partial charge in [0.05, 0.1) is 17.8 Å². The van der Waals surface area contributed by atoms with Gasteiger partial charge in [-0.15, -0.1) is 0 Å². The fourth-order valence-corrected chi connectivity index (χ4v) is 1.66. The zero-order valence-corrected chi connectivity index (χ0v) is 11.5. The molecule has 7 heteroatoms. The van der Waals surface area contributed by atoms with Gasteiger partial charge >= 0.3 is 5.97 Å². The second-order valence-corrected chi connectivity index (χ2v) is 4.53. The molecule has 0 spiro atoms. The molecule has 2 N–H and O–H groups in total. The Hall–Kier alpha value is -1.89. The van der Waals surface area contributed by atoms with Crippen LogP contribution in [-0.4, -0.2) is 46.5 Å². The van der Waals surface area contributed by atoms with Crippen molar-refractivity contribution < 1.29 is 19.4 Å². The molecule has 7 nitrogen and oxygen atoms in total. The number of amides is 1. The molecule has 0 radical (unpaired) electrons. The number of hydrogen-bond donors (Lipinski definition) is 2. The number of methoxy groups -OCH3 is 1. The largest absolute Gasteiger partial charge is 0.479 e. The molecule has 1 rings (SSSR count). The maximum Gasteiger partial charge on any atom is 0.334 e. The Bertz CT molecular complexity index is 468. The summed E-state index contributed by atoms with van der Waals surface area (Å²) in [5.41, 5.74) is 1.14. The lowest BCUT2D eigenvalue weighted by Gasteiger charge is -2.11. The van der Waals surface area contributed by atoms with Crippen LogP contribution >= 0.6 is 0 Å². The first-order chi connectivity index (χ1) is 8.86. The fraction of sp³-hybridized carbons (Fsp3) is 0.583. The summed E-state index contributed by atoms with van der Waals surface area (Å²) in [5.74, 6) is -1.35. The normalized spacial score (nSPS) is 12.5. The molecular weight excluding hydrogens is 250 g/mol. The molecule has 0 bridgehead atoms. The molecule has 0 saturated carbocycles. The minimum absolute atomic E-state index is 0.0862. The topological polar surface area (TPSA) is 93.5 Å². The Morgan fingerprint density at radius 1 is 1.53 bits per heavy atom. The molecule has 19 heavy (non-hydrogen) atoms. The maximum absolute atomic E-state index is 12.0. The Labute approximate surface area is 111 Å². The van der Waals surface area contributed by atoms with Crippen molar-refractivity contribution in [2.75, 3.05) is 13.7 Å². The number of hydrogen-bond acceptors (Lipinski definition) is 4. The highest BCUT2D eigenvalue weighted by Gasteiger charge is 2.21. The molecule has 0 aliphatic heterocycles. The van der Waals surface area contributed by atoms with Gasteiger partial charge in [-0.05, 0) is 5.92 Å². The third-order valence-electron chi connectivity index (χ3n) is 2.66. The van der Waals surface area contributed by atoms with Crippen LogP contribution in [0.2, 0.25) is 0 Å². The van der Waals surface area contributed by atoms with Gasteiger partial charge in [0.25, 0.3) is 5.91 Å². The van der Waals surface area contributed by atoms with E-state index in [1.165, 1.54) is 7.11 Å². The number of carboxylic acids is 1. The smallest absolute Gasteiger partial charge is 0.334 e. The van der Waals surface area contributed by atoms with E-state index in [4.69, 9.17) is 9.84 Å². The summed E-state index contributed by atoms with van der Waals surface area (Å²) in [5, 5.41) is 15.6. The van der Waals surface area contributed by atoms with Crippen molar-refractivity contribution in [2.45, 2.75) is 25.9 Å². The van der Waals surface area contributed by atoms with E-state index in [1.807, 2.05) is 13.8 Å². The summed E-state index contributed by atoms with van der Waals surface area (Å²) < 4.78 is 6.31. The van der Waals surface area contributed by atoms with E-state index in [-0.39, 0.29) is 18.4 Å². The third-order valence-corrected chi connectivity index (χ3v) is 2.66. The molecule has 1 atom stereocenters. The second-order valence-electron chi connectivity index (χ2n) is 4.53. The van der Waals surface area contributed by atoms with Crippen LogP contribution in [0.4, 0.5) is 0 Å². The molecule has 0 aromatic carbocycles. The van der Waals surface area contributed by atoms with Gasteiger partial charge in [-0.3, -0.25) is 9.48 Å². The SMILES string of the molecule is COC(CNC(=O)c1cn(C)nc1C(C)C)C(=O)O. The number of rotatable bonds is 6. The lowest BCUT2D eigenvalue weighted by molar-refractivity contribution is -0.148. The van der Waals surface area contributed by atoms with E-state index in [9.17, 15) is 9.59 Å². The van der Waals surface area contributed by atoms with E-state index in [1.54, 1.807) is 17.9 Å². The van der Waals surface area contributed by atoms with E-state index in [0.717, 1.165) is 0 Å². The Morgan fingerprint density at radius 3 is 2.63 bits per heavy atom. The summed E-state index contributed by atoms with van der Waals surface area (Å²) in [6.07, 6.45) is 0.566. The van der Waals surface area contributed by atoms with E-state index in [0.29, 0.717) is 11.3 Å². The van der Waals surface area contributed by atoms with Crippen LogP contribution in [0, 0.1) is 0 Å². The maximum atomic E-state index is 12.0. The molecule has 1 heterocycles. The van der Waals surface area contributed by atoms with Crippen LogP contribution in [0.15, 0.2) is 6.20 Å². The lowest BCUT2D eigenvalue weighted by Crippen LogP contribution is -2.38. The second kappa shape index (κ2) is 6.33. The highest BCUT2D eigenvalue weighted by Crippen LogP contribution is 2.16. The van der Waals surface area contributed by atoms with Gasteiger partial charge in [-0.25, -0.2) is 4.79 Å². The monoisotopic (exact) mass is 269 g/mol. The van der Waals surface area contributed by atoms with Crippen molar-refractivity contribution in [1.29, 1.82) is 0 Å². The van der Waals surface area contributed by atoms with E-state index >= 15 is 0 Å². The number of carbonyl (C=O) groups excluding carboxylic acids is 1. The Balaban J connectivity index is 2.76. The number of aromatic nitrogens is 2. The molecule has 0 saturated heterocycles. The van der Waals surface area contributed by atoms with Gasteiger partial charge in [0.1, 0.15) is 0 Å². The zero-order valence-electron chi connectivity index (χ0n) is 11.5. The van der Waals surface area contributed by atoms with Gasteiger partial charge in [0.2, 0.25) is 0 Å². The van der Waals surface area contributed by atoms with Crippen LogP contribution in [0.3, 0.4) is 0 Å². The van der Waals surface area contributed by atoms with Crippen LogP contribution < -0.4 is 5.32 Å². The summed E-state index contributed by atoms with van der Waals surface area (Å²) in [4.78, 5) is 22.8. The predicted molar refractivity (Wildman–Crippen MR) is 68.1 cm³/mol. The molecule has 1 unspecified atom stereocenters. The first-order valence-corrected chi connectivity index (χ1v) is 5.94. The van der Waals surface area contributed by atoms with Crippen molar-refractivity contribution >= 4 is 11.9 Å². The molecule has 1 aromatic rings. The number of aryl methyl sites for hydroxylation is 1. The van der Waals surface area contributed by atoms with Crippen molar-refractivity contribution in [3.63, 3.8) is 0 Å². The minimum atomic E-state index is -1.11. The van der Waals surface area contributed by atoms with Gasteiger partial charge in [0, 0.05) is 20.4 Å². The van der Waals surface area contributed by atoms with Crippen LogP contribution in [0.1, 0.15) is 35.8 Å². The number of carbonyl (C=O) groups is 2. The van der Waals surface area contributed by atoms with Crippen LogP contribution in [0.5, 0.6) is 0 Å². The highest BCUT2D eigenvalue weighted by molar-refractivity contribution is 5.95. The average Bonchev–Trinajstić information content (AvgIpc) is 2.71. The molecule has 0 aliphatic carbocycles. The first-order valence-electron chi connectivity index (χ1n) is 5.94. The van der Waals surface area contributed by atoms with Gasteiger partial charge < -0.3 is 15.2 Å². The van der Waals surface area contributed by atoms with E-state index < -0.39 is 12.1 Å². The van der Waals surface area contributed by atoms with Crippen molar-refractivity contribution in [2.24, 2.45) is 7.05 Å². The van der Waals surface area contributed by atoms with Gasteiger partial charge in [-0.2, -0.15) is 5.10 Å². The minimum Gasteiger partial charge on any atom is -0.479 e. The summed E-state index contributed by atoms with van der Waals surface area (Å²) in [6, 6.07) is 0. The molecular formula is C12H19N3O4. The quantitative estimate of drug-likeness (QED) is 0.778. The van der Waals surface area contributed by atoms with Gasteiger partial charge in [0.15, 0.2) is 6.10 Å². The zero-order chi connectivity index (χ0) is 14.6. The number of aliphatic carboxylic acids is 1. The molecule has 1 aromatic heterocycles. The molecule has 1 amide bonds. The van der Waals surface area contributed by atoms with Crippen molar-refractivity contribution in [1.82, 2.24) is 15.1 Å². The Morgan fingerprint density at radius 2 is 2.16 bits per heavy atom. The predicted octanol–water partition coefficient (Wildman–Crippen LogP) is 0.373. The van der Waals surface area contributed by atoms with Crippen LogP contribution in [0.25, 0.3) is 0 Å².